The summed E-state index contributed by atoms with van der Waals surface area (Å²) in [5, 5.41) is 0. The number of hydrogen-bond acceptors (Lipinski definition) is 2. The first kappa shape index (κ1) is 10.8. The summed E-state index contributed by atoms with van der Waals surface area (Å²) < 4.78 is 5.09. The second-order valence-corrected chi connectivity index (χ2v) is 3.61. The fourth-order valence-electron chi connectivity index (χ4n) is 0.994. The van der Waals surface area contributed by atoms with Crippen LogP contribution in [0.25, 0.3) is 0 Å². The molecular weight excluding hydrogens is 176 g/mol. The highest BCUT2D eigenvalue weighted by Gasteiger charge is 2.05. The van der Waals surface area contributed by atoms with Gasteiger partial charge in [-0.25, -0.2) is 4.79 Å². The summed E-state index contributed by atoms with van der Waals surface area (Å²) in [5.41, 5.74) is 0.590. The highest BCUT2D eigenvalue weighted by atomic mass is 16.5. The summed E-state index contributed by atoms with van der Waals surface area (Å²) in [6.07, 6.45) is 0.907. The first-order valence-electron chi connectivity index (χ1n) is 4.83. The van der Waals surface area contributed by atoms with E-state index in [1.54, 1.807) is 24.3 Å². The average Bonchev–Trinajstić information content (AvgIpc) is 2.18. The van der Waals surface area contributed by atoms with Gasteiger partial charge in [0.25, 0.3) is 0 Å². The van der Waals surface area contributed by atoms with Crippen LogP contribution < -0.4 is 0 Å². The van der Waals surface area contributed by atoms with Crippen LogP contribution in [0, 0.1) is 12.0 Å². The molecule has 0 aliphatic carbocycles. The third-order valence-corrected chi connectivity index (χ3v) is 1.88. The Morgan fingerprint density at radius 2 is 2.07 bits per heavy atom. The molecule has 2 heteroatoms. The number of esters is 1. The fourth-order valence-corrected chi connectivity index (χ4v) is 0.994. The van der Waals surface area contributed by atoms with Crippen molar-refractivity contribution in [3.8, 4) is 0 Å². The van der Waals surface area contributed by atoms with Crippen LogP contribution in [0.4, 0.5) is 0 Å². The zero-order valence-corrected chi connectivity index (χ0v) is 8.62. The van der Waals surface area contributed by atoms with Gasteiger partial charge in [0.1, 0.15) is 0 Å². The number of hydrogen-bond donors (Lipinski definition) is 0. The van der Waals surface area contributed by atoms with Crippen molar-refractivity contribution < 1.29 is 9.53 Å². The van der Waals surface area contributed by atoms with Gasteiger partial charge in [0.2, 0.25) is 0 Å². The van der Waals surface area contributed by atoms with Crippen LogP contribution in [0.5, 0.6) is 0 Å². The van der Waals surface area contributed by atoms with E-state index in [-0.39, 0.29) is 5.97 Å². The van der Waals surface area contributed by atoms with Gasteiger partial charge >= 0.3 is 5.97 Å². The Bertz CT molecular complexity index is 278. The first-order chi connectivity index (χ1) is 6.70. The molecule has 0 atom stereocenters. The van der Waals surface area contributed by atoms with Crippen molar-refractivity contribution in [1.29, 1.82) is 0 Å². The predicted molar refractivity (Wildman–Crippen MR) is 55.0 cm³/mol. The normalized spacial score (nSPS) is 10.2. The van der Waals surface area contributed by atoms with E-state index in [0.717, 1.165) is 6.42 Å². The number of rotatable bonds is 4. The molecule has 14 heavy (non-hydrogen) atoms. The van der Waals surface area contributed by atoms with Gasteiger partial charge in [-0.15, -0.1) is 0 Å². The summed E-state index contributed by atoms with van der Waals surface area (Å²) in [5.74, 6) is 0.312. The molecular formula is C12H15O2. The second-order valence-electron chi connectivity index (χ2n) is 3.61. The molecule has 75 valence electrons. The maximum atomic E-state index is 11.4. The fraction of sp³-hybridized carbons (Fsp3) is 0.417. The van der Waals surface area contributed by atoms with Gasteiger partial charge < -0.3 is 4.74 Å². The van der Waals surface area contributed by atoms with E-state index in [4.69, 9.17) is 4.74 Å². The van der Waals surface area contributed by atoms with Gasteiger partial charge in [0, 0.05) is 0 Å². The molecule has 0 unspecified atom stereocenters. The largest absolute Gasteiger partial charge is 0.462 e. The molecule has 0 aliphatic rings. The lowest BCUT2D eigenvalue weighted by Crippen LogP contribution is -2.07. The van der Waals surface area contributed by atoms with E-state index >= 15 is 0 Å². The number of carbonyl (C=O) groups excluding carboxylic acids is 1. The molecule has 0 aliphatic heterocycles. The van der Waals surface area contributed by atoms with Crippen LogP contribution in [0.15, 0.2) is 24.3 Å². The van der Waals surface area contributed by atoms with Crippen molar-refractivity contribution in [2.24, 2.45) is 5.92 Å². The van der Waals surface area contributed by atoms with Gasteiger partial charge in [-0.3, -0.25) is 0 Å². The number of ether oxygens (including phenoxy) is 1. The van der Waals surface area contributed by atoms with E-state index in [2.05, 4.69) is 19.9 Å². The molecule has 0 saturated carbocycles. The predicted octanol–water partition coefficient (Wildman–Crippen LogP) is 2.69. The summed E-state index contributed by atoms with van der Waals surface area (Å²) in [6.45, 7) is 4.70. The molecule has 0 N–H and O–H groups in total. The molecule has 0 heterocycles. The Hall–Kier alpha value is -1.31. The Balaban J connectivity index is 2.36. The molecule has 0 bridgehead atoms. The van der Waals surface area contributed by atoms with Crippen LogP contribution in [-0.2, 0) is 4.74 Å². The summed E-state index contributed by atoms with van der Waals surface area (Å²) >= 11 is 0. The van der Waals surface area contributed by atoms with Crippen molar-refractivity contribution in [1.82, 2.24) is 0 Å². The average molecular weight is 191 g/mol. The van der Waals surface area contributed by atoms with Gasteiger partial charge in [0.05, 0.1) is 12.2 Å². The molecule has 1 rings (SSSR count). The van der Waals surface area contributed by atoms with Crippen LogP contribution in [0.1, 0.15) is 30.6 Å². The van der Waals surface area contributed by atoms with Crippen LogP contribution in [0.3, 0.4) is 0 Å². The van der Waals surface area contributed by atoms with Crippen molar-refractivity contribution in [2.75, 3.05) is 6.61 Å². The standard InChI is InChI=1S/C12H15O2/c1-10(2)8-9-14-12(13)11-6-4-3-5-7-11/h4-7,10H,8-9H2,1-2H3. The smallest absolute Gasteiger partial charge is 0.338 e. The van der Waals surface area contributed by atoms with Crippen molar-refractivity contribution >= 4 is 5.97 Å². The van der Waals surface area contributed by atoms with E-state index in [1.807, 2.05) is 0 Å². The Labute approximate surface area is 84.9 Å². The van der Waals surface area contributed by atoms with E-state index in [0.29, 0.717) is 18.1 Å². The molecule has 1 aromatic rings. The van der Waals surface area contributed by atoms with Gasteiger partial charge in [-0.1, -0.05) is 26.0 Å². The minimum absolute atomic E-state index is 0.250. The number of carbonyl (C=O) groups is 1. The summed E-state index contributed by atoms with van der Waals surface area (Å²) in [6, 6.07) is 9.68. The topological polar surface area (TPSA) is 26.3 Å². The monoisotopic (exact) mass is 191 g/mol. The molecule has 2 nitrogen and oxygen atoms in total. The van der Waals surface area contributed by atoms with Crippen molar-refractivity contribution in [2.45, 2.75) is 20.3 Å². The zero-order valence-electron chi connectivity index (χ0n) is 8.62. The second kappa shape index (κ2) is 5.43. The molecule has 0 aromatic heterocycles. The minimum atomic E-state index is -0.250. The van der Waals surface area contributed by atoms with Gasteiger partial charge in [0.15, 0.2) is 0 Å². The van der Waals surface area contributed by atoms with E-state index < -0.39 is 0 Å². The molecule has 0 saturated heterocycles. The van der Waals surface area contributed by atoms with Crippen LogP contribution in [0.2, 0.25) is 0 Å². The van der Waals surface area contributed by atoms with Crippen LogP contribution >= 0.6 is 0 Å². The third-order valence-electron chi connectivity index (χ3n) is 1.88. The maximum Gasteiger partial charge on any atom is 0.338 e. The van der Waals surface area contributed by atoms with Crippen LogP contribution in [-0.4, -0.2) is 12.6 Å². The van der Waals surface area contributed by atoms with E-state index in [9.17, 15) is 4.79 Å². The molecule has 1 aromatic carbocycles. The lowest BCUT2D eigenvalue weighted by Gasteiger charge is -2.06. The Morgan fingerprint density at radius 3 is 2.64 bits per heavy atom. The van der Waals surface area contributed by atoms with Crippen molar-refractivity contribution in [3.05, 3.63) is 35.9 Å². The van der Waals surface area contributed by atoms with Gasteiger partial charge in [-0.2, -0.15) is 0 Å². The van der Waals surface area contributed by atoms with Gasteiger partial charge in [-0.05, 0) is 30.5 Å². The summed E-state index contributed by atoms with van der Waals surface area (Å²) in [4.78, 5) is 11.4. The number of benzene rings is 1. The Kier molecular flexibility index (Phi) is 4.17. The highest BCUT2D eigenvalue weighted by molar-refractivity contribution is 5.89. The third kappa shape index (κ3) is 3.60. The summed E-state index contributed by atoms with van der Waals surface area (Å²) in [7, 11) is 0. The SMILES string of the molecule is CC(C)CCOC(=O)c1cc[c]cc1. The minimum Gasteiger partial charge on any atom is -0.462 e. The Morgan fingerprint density at radius 1 is 1.43 bits per heavy atom. The molecule has 0 spiro atoms. The lowest BCUT2D eigenvalue weighted by molar-refractivity contribution is 0.0488. The lowest BCUT2D eigenvalue weighted by atomic mass is 10.1. The molecule has 0 fully saturated rings. The maximum absolute atomic E-state index is 11.4. The molecule has 0 amide bonds. The highest BCUT2D eigenvalue weighted by Crippen LogP contribution is 2.03. The quantitative estimate of drug-likeness (QED) is 0.684. The van der Waals surface area contributed by atoms with Crippen molar-refractivity contribution in [3.63, 3.8) is 0 Å². The zero-order chi connectivity index (χ0) is 10.4. The van der Waals surface area contributed by atoms with E-state index in [1.165, 1.54) is 0 Å². The molecule has 1 radical (unpaired) electrons. The first-order valence-corrected chi connectivity index (χ1v) is 4.83.